The molecule has 0 fully saturated rings. The van der Waals surface area contributed by atoms with Crippen molar-refractivity contribution < 1.29 is 27.4 Å². The van der Waals surface area contributed by atoms with Crippen molar-refractivity contribution in [1.82, 2.24) is 0 Å². The van der Waals surface area contributed by atoms with E-state index in [1.165, 1.54) is 6.92 Å². The fraction of sp³-hybridized carbons (Fsp3) is 0.357. The van der Waals surface area contributed by atoms with Crippen LogP contribution in [-0.2, 0) is 9.53 Å². The minimum Gasteiger partial charge on any atom is -0.475 e. The van der Waals surface area contributed by atoms with E-state index in [0.29, 0.717) is 15.6 Å². The van der Waals surface area contributed by atoms with Gasteiger partial charge >= 0.3 is 12.1 Å². The van der Waals surface area contributed by atoms with E-state index in [1.807, 2.05) is 0 Å². The first-order valence-corrected chi connectivity index (χ1v) is 7.42. The van der Waals surface area contributed by atoms with Gasteiger partial charge in [0.05, 0.1) is 5.57 Å². The number of hydrogen-bond donors (Lipinski definition) is 0. The van der Waals surface area contributed by atoms with E-state index >= 15 is 0 Å². The molecule has 120 valence electrons. The molecule has 0 aromatic heterocycles. The highest BCUT2D eigenvalue weighted by Gasteiger charge is 2.49. The number of alkyl halides is 4. The Morgan fingerprint density at radius 1 is 1.45 bits per heavy atom. The first-order valence-electron chi connectivity index (χ1n) is 6.19. The summed E-state index contributed by atoms with van der Waals surface area (Å²) < 4.78 is 49.9. The fourth-order valence-electron chi connectivity index (χ4n) is 2.07. The summed E-state index contributed by atoms with van der Waals surface area (Å²) in [6, 6.07) is 3.19. The Hall–Kier alpha value is -1.21. The van der Waals surface area contributed by atoms with Gasteiger partial charge in [0.1, 0.15) is 5.75 Å². The maximum atomic E-state index is 13.2. The maximum absolute atomic E-state index is 13.2. The first-order chi connectivity index (χ1) is 10.1. The number of rotatable bonds is 2. The normalized spacial score (nSPS) is 18.9. The lowest BCUT2D eigenvalue weighted by molar-refractivity contribution is -0.188. The average molecular weight is 400 g/mol. The average Bonchev–Trinajstić information content (AvgIpc) is 2.35. The van der Waals surface area contributed by atoms with Crippen LogP contribution in [0.3, 0.4) is 0 Å². The Morgan fingerprint density at radius 2 is 2.09 bits per heavy atom. The molecule has 1 aliphatic heterocycles. The highest BCUT2D eigenvalue weighted by molar-refractivity contribution is 9.10. The van der Waals surface area contributed by atoms with E-state index in [9.17, 15) is 18.0 Å². The molecule has 0 amide bonds. The summed E-state index contributed by atoms with van der Waals surface area (Å²) in [6.07, 6.45) is -6.02. The fourth-order valence-corrected chi connectivity index (χ4v) is 2.74. The number of carbonyl (C=O) groups is 1. The number of fused-ring (bicyclic) bond motifs is 1. The van der Waals surface area contributed by atoms with Gasteiger partial charge in [0.25, 0.3) is 0 Å². The molecule has 0 saturated heterocycles. The Morgan fingerprint density at radius 3 is 2.64 bits per heavy atom. The van der Waals surface area contributed by atoms with Gasteiger partial charge in [-0.25, -0.2) is 4.79 Å². The van der Waals surface area contributed by atoms with Crippen LogP contribution in [0.1, 0.15) is 18.1 Å². The summed E-state index contributed by atoms with van der Waals surface area (Å²) in [4.78, 5) is 11.9. The summed E-state index contributed by atoms with van der Waals surface area (Å²) >= 11 is 8.75. The lowest BCUT2D eigenvalue weighted by Crippen LogP contribution is -2.41. The molecule has 0 radical (unpaired) electrons. The minimum atomic E-state index is -4.75. The molecule has 22 heavy (non-hydrogen) atoms. The Kier molecular flexibility index (Phi) is 4.77. The smallest absolute Gasteiger partial charge is 0.430 e. The molecule has 0 aliphatic carbocycles. The molecule has 0 bridgehead atoms. The third-order valence-corrected chi connectivity index (χ3v) is 3.45. The molecule has 2 atom stereocenters. The van der Waals surface area contributed by atoms with Gasteiger partial charge in [-0.1, -0.05) is 27.5 Å². The topological polar surface area (TPSA) is 35.5 Å². The zero-order valence-corrected chi connectivity index (χ0v) is 13.8. The molecule has 0 spiro atoms. The number of ether oxygens (including phenoxy) is 2. The Bertz CT molecular complexity index is 641. The molecular weight excluding hydrogens is 389 g/mol. The molecule has 1 aliphatic rings. The van der Waals surface area contributed by atoms with E-state index in [2.05, 4.69) is 20.7 Å². The molecule has 2 rings (SSSR count). The maximum Gasteiger partial charge on any atom is 0.430 e. The van der Waals surface area contributed by atoms with Gasteiger partial charge in [0.15, 0.2) is 5.56 Å². The largest absolute Gasteiger partial charge is 0.475 e. The third-order valence-electron chi connectivity index (χ3n) is 2.90. The lowest BCUT2D eigenvalue weighted by atomic mass is 9.99. The van der Waals surface area contributed by atoms with E-state index < -0.39 is 29.4 Å². The number of aryl methyl sites for hydroxylation is 1. The van der Waals surface area contributed by atoms with Crippen molar-refractivity contribution in [2.45, 2.75) is 31.7 Å². The van der Waals surface area contributed by atoms with Crippen LogP contribution in [0.25, 0.3) is 6.08 Å². The van der Waals surface area contributed by atoms with Crippen LogP contribution < -0.4 is 4.74 Å². The van der Waals surface area contributed by atoms with E-state index in [4.69, 9.17) is 16.3 Å². The SMILES string of the molecule is Cc1cc(Br)cc2c1OC(C(F)(F)F)C(C(=O)OC(C)Cl)=C2. The summed E-state index contributed by atoms with van der Waals surface area (Å²) in [5.74, 6) is -1.07. The summed E-state index contributed by atoms with van der Waals surface area (Å²) in [5, 5.41) is 0. The monoisotopic (exact) mass is 398 g/mol. The summed E-state index contributed by atoms with van der Waals surface area (Å²) in [5.41, 5.74) is -0.799. The standard InChI is InChI=1S/C14H11BrClF3O3/c1-6-3-9(15)4-8-5-10(13(20)21-7(2)16)12(14(17,18)19)22-11(6)8/h3-5,7,12H,1-2H3. The van der Waals surface area contributed by atoms with E-state index in [-0.39, 0.29) is 5.75 Å². The van der Waals surface area contributed by atoms with Crippen LogP contribution in [0.4, 0.5) is 13.2 Å². The van der Waals surface area contributed by atoms with Crippen LogP contribution in [0.2, 0.25) is 0 Å². The predicted molar refractivity (Wildman–Crippen MR) is 78.7 cm³/mol. The molecular formula is C14H11BrClF3O3. The minimum absolute atomic E-state index is 0.0843. The number of benzene rings is 1. The molecule has 0 N–H and O–H groups in total. The van der Waals surface area contributed by atoms with Crippen molar-refractivity contribution in [3.8, 4) is 5.75 Å². The van der Waals surface area contributed by atoms with Crippen LogP contribution in [0, 0.1) is 6.92 Å². The number of halogens is 5. The van der Waals surface area contributed by atoms with Gasteiger partial charge in [-0.3, -0.25) is 0 Å². The van der Waals surface area contributed by atoms with Crippen molar-refractivity contribution in [2.75, 3.05) is 0 Å². The molecule has 1 aromatic carbocycles. The molecule has 2 unspecified atom stereocenters. The van der Waals surface area contributed by atoms with Crippen LogP contribution >= 0.6 is 27.5 Å². The molecule has 1 heterocycles. The van der Waals surface area contributed by atoms with Gasteiger partial charge < -0.3 is 9.47 Å². The van der Waals surface area contributed by atoms with Crippen LogP contribution in [-0.4, -0.2) is 23.8 Å². The van der Waals surface area contributed by atoms with Gasteiger partial charge in [-0.05, 0) is 37.6 Å². The number of hydrogen-bond acceptors (Lipinski definition) is 3. The van der Waals surface area contributed by atoms with Crippen molar-refractivity contribution in [3.63, 3.8) is 0 Å². The van der Waals surface area contributed by atoms with Crippen molar-refractivity contribution in [2.24, 2.45) is 0 Å². The second-order valence-corrected chi connectivity index (χ2v) is 6.26. The third kappa shape index (κ3) is 3.57. The molecule has 3 nitrogen and oxygen atoms in total. The zero-order chi connectivity index (χ0) is 16.7. The first kappa shape index (κ1) is 17.1. The second-order valence-electron chi connectivity index (χ2n) is 4.73. The van der Waals surface area contributed by atoms with Crippen molar-refractivity contribution in [1.29, 1.82) is 0 Å². The van der Waals surface area contributed by atoms with Crippen molar-refractivity contribution >= 4 is 39.6 Å². The van der Waals surface area contributed by atoms with Gasteiger partial charge in [-0.15, -0.1) is 0 Å². The highest BCUT2D eigenvalue weighted by atomic mass is 79.9. The van der Waals surface area contributed by atoms with Gasteiger partial charge in [0.2, 0.25) is 6.10 Å². The lowest BCUT2D eigenvalue weighted by Gasteiger charge is -2.29. The molecule has 1 aromatic rings. The number of esters is 1. The van der Waals surface area contributed by atoms with Crippen molar-refractivity contribution in [3.05, 3.63) is 33.3 Å². The quantitative estimate of drug-likeness (QED) is 0.539. The van der Waals surface area contributed by atoms with E-state index in [1.54, 1.807) is 19.1 Å². The number of carbonyl (C=O) groups excluding carboxylic acids is 1. The van der Waals surface area contributed by atoms with Crippen LogP contribution in [0.5, 0.6) is 5.75 Å². The summed E-state index contributed by atoms with van der Waals surface area (Å²) in [7, 11) is 0. The van der Waals surface area contributed by atoms with Gasteiger partial charge in [0, 0.05) is 10.0 Å². The van der Waals surface area contributed by atoms with Crippen LogP contribution in [0.15, 0.2) is 22.2 Å². The summed E-state index contributed by atoms with van der Waals surface area (Å²) in [6.45, 7) is 2.95. The zero-order valence-electron chi connectivity index (χ0n) is 11.5. The highest BCUT2D eigenvalue weighted by Crippen LogP contribution is 2.40. The molecule has 0 saturated carbocycles. The van der Waals surface area contributed by atoms with Gasteiger partial charge in [-0.2, -0.15) is 13.2 Å². The molecule has 8 heteroatoms. The Labute approximate surface area is 138 Å². The second kappa shape index (κ2) is 6.12. The van der Waals surface area contributed by atoms with E-state index in [0.717, 1.165) is 6.08 Å². The predicted octanol–water partition coefficient (Wildman–Crippen LogP) is 4.59. The Balaban J connectivity index is 2.53.